The van der Waals surface area contributed by atoms with Crippen LogP contribution in [-0.4, -0.2) is 107 Å². The second-order valence-corrected chi connectivity index (χ2v) is 19.0. The SMILES string of the molecule is CC(C)(C)OC(=O)N[C@@H](CCCCNC(=O)CN1CC=C(c2cccc3c2CCN(C(=O)[C@H]2CC(c4cccc(Cl)c4F)=NO2)[C@@]3(OC(=O)c2ccccc2)C(N)=O)CC1)C(=O)OC(C)(C)C. The standard InChI is InChI=1S/C49H58ClFN6O10/c1-47(2,3)64-44(61)37(54-46(63)66-48(4,5)6)20-10-11-24-53-40(58)29-56-25-21-30(22-26-56)32-16-12-18-35-33(32)23-27-57(49(35,45(52)62)65-43(60)31-14-8-7-9-15-31)42(59)39-28-38(55-67-39)34-17-13-19-36(50)41(34)51/h7-9,12-19,21,37,39H,10-11,20,22-29H2,1-6H3,(H2,52,62)(H,53,58)(H,54,63)/t37-,39+,49-/m0/s1. The molecule has 0 fully saturated rings. The number of benzene rings is 3. The number of nitrogens with one attached hydrogen (secondary N) is 2. The van der Waals surface area contributed by atoms with E-state index in [2.05, 4.69) is 15.8 Å². The van der Waals surface area contributed by atoms with Crippen LogP contribution in [0.4, 0.5) is 9.18 Å². The highest BCUT2D eigenvalue weighted by Crippen LogP contribution is 2.42. The lowest BCUT2D eigenvalue weighted by Crippen LogP contribution is -2.64. The van der Waals surface area contributed by atoms with E-state index in [1.54, 1.807) is 77.9 Å². The molecule has 3 heterocycles. The third-order valence-electron chi connectivity index (χ3n) is 11.2. The first-order valence-corrected chi connectivity index (χ1v) is 22.6. The Morgan fingerprint density at radius 1 is 0.910 bits per heavy atom. The number of nitrogens with zero attached hydrogens (tertiary/aromatic N) is 3. The van der Waals surface area contributed by atoms with E-state index in [0.29, 0.717) is 44.5 Å². The molecule has 0 spiro atoms. The van der Waals surface area contributed by atoms with Crippen molar-refractivity contribution in [2.24, 2.45) is 10.9 Å². The number of hydrogen-bond donors (Lipinski definition) is 3. The maximum absolute atomic E-state index is 15.0. The summed E-state index contributed by atoms with van der Waals surface area (Å²) < 4.78 is 31.9. The number of rotatable bonds is 15. The van der Waals surface area contributed by atoms with Gasteiger partial charge in [-0.3, -0.25) is 24.2 Å². The van der Waals surface area contributed by atoms with Crippen LogP contribution in [0, 0.1) is 5.82 Å². The number of esters is 2. The molecule has 0 aliphatic carbocycles. The van der Waals surface area contributed by atoms with Gasteiger partial charge in [0.15, 0.2) is 5.82 Å². The van der Waals surface area contributed by atoms with Gasteiger partial charge in [-0.1, -0.05) is 65.3 Å². The summed E-state index contributed by atoms with van der Waals surface area (Å²) in [4.78, 5) is 89.3. The van der Waals surface area contributed by atoms with Gasteiger partial charge in [0, 0.05) is 43.7 Å². The fourth-order valence-electron chi connectivity index (χ4n) is 8.16. The number of alkyl carbamates (subject to hydrolysis) is 1. The fourth-order valence-corrected chi connectivity index (χ4v) is 8.34. The first kappa shape index (κ1) is 50.1. The molecule has 0 aromatic heterocycles. The van der Waals surface area contributed by atoms with E-state index in [4.69, 9.17) is 36.4 Å². The summed E-state index contributed by atoms with van der Waals surface area (Å²) in [6.45, 7) is 11.8. The van der Waals surface area contributed by atoms with Crippen molar-refractivity contribution in [3.05, 3.63) is 111 Å². The number of carbonyl (C=O) groups excluding carboxylic acids is 6. The first-order chi connectivity index (χ1) is 31.7. The molecule has 4 amide bonds. The van der Waals surface area contributed by atoms with E-state index in [9.17, 15) is 33.2 Å². The maximum Gasteiger partial charge on any atom is 0.408 e. The normalized spacial score (nSPS) is 18.9. The highest BCUT2D eigenvalue weighted by molar-refractivity contribution is 6.31. The second-order valence-electron chi connectivity index (χ2n) is 18.6. The molecule has 0 unspecified atom stereocenters. The summed E-state index contributed by atoms with van der Waals surface area (Å²) in [5, 5.41) is 9.41. The van der Waals surface area contributed by atoms with Gasteiger partial charge in [0.1, 0.15) is 17.2 Å². The number of fused-ring (bicyclic) bond motifs is 1. The minimum Gasteiger partial charge on any atom is -0.458 e. The van der Waals surface area contributed by atoms with Gasteiger partial charge in [-0.2, -0.15) is 0 Å². The number of nitrogens with two attached hydrogens (primary N) is 1. The molecule has 358 valence electrons. The number of unbranched alkanes of at least 4 members (excludes halogenated alkanes) is 1. The van der Waals surface area contributed by atoms with Crippen molar-refractivity contribution in [1.82, 2.24) is 20.4 Å². The van der Waals surface area contributed by atoms with Gasteiger partial charge in [0.2, 0.25) is 12.0 Å². The van der Waals surface area contributed by atoms with Crippen LogP contribution in [0.25, 0.3) is 5.57 Å². The van der Waals surface area contributed by atoms with Gasteiger partial charge in [-0.05, 0) is 115 Å². The van der Waals surface area contributed by atoms with Crippen molar-refractivity contribution in [3.63, 3.8) is 0 Å². The van der Waals surface area contributed by atoms with E-state index in [-0.39, 0.29) is 65.7 Å². The summed E-state index contributed by atoms with van der Waals surface area (Å²) in [7, 11) is 0. The summed E-state index contributed by atoms with van der Waals surface area (Å²) in [6, 6.07) is 16.7. The molecule has 3 aliphatic heterocycles. The highest BCUT2D eigenvalue weighted by atomic mass is 35.5. The highest BCUT2D eigenvalue weighted by Gasteiger charge is 2.56. The summed E-state index contributed by atoms with van der Waals surface area (Å²) >= 11 is 6.01. The monoisotopic (exact) mass is 944 g/mol. The van der Waals surface area contributed by atoms with Gasteiger partial charge in [0.05, 0.1) is 22.8 Å². The van der Waals surface area contributed by atoms with E-state index < -0.39 is 64.7 Å². The Morgan fingerprint density at radius 2 is 1.61 bits per heavy atom. The Balaban J connectivity index is 1.13. The maximum atomic E-state index is 15.0. The molecule has 0 bridgehead atoms. The number of hydrogen-bond acceptors (Lipinski definition) is 12. The van der Waals surface area contributed by atoms with Gasteiger partial charge in [-0.15, -0.1) is 0 Å². The Hall–Kier alpha value is -6.33. The van der Waals surface area contributed by atoms with Crippen LogP contribution in [0.15, 0.2) is 78.0 Å². The summed E-state index contributed by atoms with van der Waals surface area (Å²) in [5.74, 6) is -4.23. The molecular weight excluding hydrogens is 887 g/mol. The van der Waals surface area contributed by atoms with Gasteiger partial charge >= 0.3 is 18.0 Å². The van der Waals surface area contributed by atoms with Crippen molar-refractivity contribution in [2.45, 2.75) is 109 Å². The Morgan fingerprint density at radius 3 is 2.28 bits per heavy atom. The van der Waals surface area contributed by atoms with Gasteiger partial charge in [0.25, 0.3) is 17.5 Å². The van der Waals surface area contributed by atoms with Crippen molar-refractivity contribution in [3.8, 4) is 0 Å². The smallest absolute Gasteiger partial charge is 0.408 e. The molecule has 3 aliphatic rings. The van der Waals surface area contributed by atoms with Crippen LogP contribution in [0.2, 0.25) is 5.02 Å². The zero-order valence-electron chi connectivity index (χ0n) is 38.6. The predicted molar refractivity (Wildman–Crippen MR) is 247 cm³/mol. The van der Waals surface area contributed by atoms with Gasteiger partial charge in [-0.25, -0.2) is 18.8 Å². The number of halogens is 2. The Kier molecular flexibility index (Phi) is 15.8. The lowest BCUT2D eigenvalue weighted by molar-refractivity contribution is -0.184. The van der Waals surface area contributed by atoms with Crippen LogP contribution in [0.1, 0.15) is 106 Å². The molecule has 0 saturated carbocycles. The number of ether oxygens (including phenoxy) is 3. The lowest BCUT2D eigenvalue weighted by Gasteiger charge is -2.45. The number of primary amides is 1. The van der Waals surface area contributed by atoms with Crippen molar-refractivity contribution < 1.29 is 52.2 Å². The molecular formula is C49H58ClFN6O10. The van der Waals surface area contributed by atoms with Crippen LogP contribution >= 0.6 is 11.6 Å². The minimum absolute atomic E-state index is 0.0577. The topological polar surface area (TPSA) is 208 Å². The number of carbonyl (C=O) groups is 6. The molecule has 3 atom stereocenters. The average molecular weight is 945 g/mol. The first-order valence-electron chi connectivity index (χ1n) is 22.3. The van der Waals surface area contributed by atoms with Crippen molar-refractivity contribution in [1.29, 1.82) is 0 Å². The predicted octanol–water partition coefficient (Wildman–Crippen LogP) is 6.16. The van der Waals surface area contributed by atoms with Crippen LogP contribution in [-0.2, 0) is 50.4 Å². The molecule has 0 radical (unpaired) electrons. The Labute approximate surface area is 394 Å². The zero-order valence-corrected chi connectivity index (χ0v) is 39.4. The molecule has 67 heavy (non-hydrogen) atoms. The second kappa shape index (κ2) is 21.1. The van der Waals surface area contributed by atoms with E-state index in [0.717, 1.165) is 16.0 Å². The van der Waals surface area contributed by atoms with Crippen molar-refractivity contribution >= 4 is 58.6 Å². The van der Waals surface area contributed by atoms with Crippen molar-refractivity contribution in [2.75, 3.05) is 32.7 Å². The van der Waals surface area contributed by atoms with Crippen LogP contribution in [0.3, 0.4) is 0 Å². The quantitative estimate of drug-likeness (QED) is 0.0893. The average Bonchev–Trinajstić information content (AvgIpc) is 3.76. The summed E-state index contributed by atoms with van der Waals surface area (Å²) in [5.41, 5.74) is 5.19. The third-order valence-corrected chi connectivity index (χ3v) is 11.5. The van der Waals surface area contributed by atoms with Crippen LogP contribution < -0.4 is 16.4 Å². The minimum atomic E-state index is -2.41. The fraction of sp³-hybridized carbons (Fsp3) is 0.449. The van der Waals surface area contributed by atoms with E-state index in [1.165, 1.54) is 24.3 Å². The van der Waals surface area contributed by atoms with Gasteiger partial charge < -0.3 is 35.4 Å². The zero-order chi connectivity index (χ0) is 48.7. The largest absolute Gasteiger partial charge is 0.458 e. The molecule has 3 aromatic carbocycles. The lowest BCUT2D eigenvalue weighted by atomic mass is 9.82. The molecule has 6 rings (SSSR count). The summed E-state index contributed by atoms with van der Waals surface area (Å²) in [6.07, 6.45) is 1.95. The number of amides is 4. The van der Waals surface area contributed by atoms with E-state index in [1.807, 2.05) is 17.0 Å². The number of oxime groups is 1. The molecule has 18 heteroatoms. The van der Waals surface area contributed by atoms with Crippen LogP contribution in [0.5, 0.6) is 0 Å². The molecule has 4 N–H and O–H groups in total. The Bertz CT molecular complexity index is 2430. The van der Waals surface area contributed by atoms with E-state index >= 15 is 0 Å². The molecule has 0 saturated heterocycles. The third kappa shape index (κ3) is 12.4. The molecule has 16 nitrogen and oxygen atoms in total. The molecule has 3 aromatic rings.